The Labute approximate surface area is 126 Å². The van der Waals surface area contributed by atoms with Gasteiger partial charge in [0.05, 0.1) is 18.8 Å². The summed E-state index contributed by atoms with van der Waals surface area (Å²) in [5.41, 5.74) is 0.377. The molecule has 0 aliphatic carbocycles. The van der Waals surface area contributed by atoms with Gasteiger partial charge in [0.2, 0.25) is 5.91 Å². The molecule has 1 aromatic rings. The first-order valence-corrected chi connectivity index (χ1v) is 6.85. The summed E-state index contributed by atoms with van der Waals surface area (Å²) in [4.78, 5) is 13.9. The Kier molecular flexibility index (Phi) is 5.07. The van der Waals surface area contributed by atoms with E-state index in [2.05, 4.69) is 5.32 Å². The van der Waals surface area contributed by atoms with Crippen LogP contribution in [-0.4, -0.2) is 37.1 Å². The average molecular weight is 314 g/mol. The molecule has 0 radical (unpaired) electrons. The molecule has 1 aliphatic heterocycles. The summed E-state index contributed by atoms with van der Waals surface area (Å²) in [7, 11) is 0. The van der Waals surface area contributed by atoms with Crippen molar-refractivity contribution in [3.05, 3.63) is 41.6 Å². The number of rotatable bonds is 3. The Balaban J connectivity index is 1.96. The Morgan fingerprint density at radius 2 is 1.82 bits per heavy atom. The van der Waals surface area contributed by atoms with Crippen LogP contribution in [0.15, 0.2) is 36.0 Å². The third kappa shape index (κ3) is 4.49. The number of carbonyl (C=O) groups is 1. The third-order valence-electron chi connectivity index (χ3n) is 3.33. The molecule has 7 heteroatoms. The van der Waals surface area contributed by atoms with Gasteiger partial charge in [-0.2, -0.15) is 13.2 Å². The number of nitrogens with one attached hydrogen (secondary N) is 1. The Hall–Kier alpha value is -2.02. The molecular formula is C15H17F3N2O2. The molecule has 1 saturated heterocycles. The van der Waals surface area contributed by atoms with E-state index in [-0.39, 0.29) is 5.91 Å². The van der Waals surface area contributed by atoms with Crippen LogP contribution in [-0.2, 0) is 15.7 Å². The molecule has 0 spiro atoms. The predicted molar refractivity (Wildman–Crippen MR) is 76.2 cm³/mol. The Bertz CT molecular complexity index is 547. The van der Waals surface area contributed by atoms with Gasteiger partial charge in [-0.15, -0.1) is 0 Å². The largest absolute Gasteiger partial charge is 0.416 e. The molecule has 120 valence electrons. The van der Waals surface area contributed by atoms with Gasteiger partial charge in [0, 0.05) is 30.5 Å². The van der Waals surface area contributed by atoms with Crippen molar-refractivity contribution < 1.29 is 22.7 Å². The van der Waals surface area contributed by atoms with Crippen LogP contribution in [0.25, 0.3) is 0 Å². The van der Waals surface area contributed by atoms with Gasteiger partial charge < -0.3 is 15.0 Å². The molecule has 1 heterocycles. The molecule has 0 unspecified atom stereocenters. The minimum Gasteiger partial charge on any atom is -0.378 e. The minimum absolute atomic E-state index is 0.323. The van der Waals surface area contributed by atoms with Crippen molar-refractivity contribution in [3.8, 4) is 0 Å². The van der Waals surface area contributed by atoms with Crippen LogP contribution < -0.4 is 5.32 Å². The van der Waals surface area contributed by atoms with Crippen LogP contribution in [0.1, 0.15) is 12.5 Å². The molecule has 0 atom stereocenters. The molecule has 0 aromatic heterocycles. The lowest BCUT2D eigenvalue weighted by Crippen LogP contribution is -2.35. The summed E-state index contributed by atoms with van der Waals surface area (Å²) in [6, 6.07) is 4.35. The molecule has 1 N–H and O–H groups in total. The van der Waals surface area contributed by atoms with Crippen molar-refractivity contribution >= 4 is 11.6 Å². The number of hydrogen-bond donors (Lipinski definition) is 1. The van der Waals surface area contributed by atoms with Gasteiger partial charge in [0.1, 0.15) is 0 Å². The lowest BCUT2D eigenvalue weighted by molar-refractivity contribution is -0.137. The van der Waals surface area contributed by atoms with Crippen LogP contribution in [0.3, 0.4) is 0 Å². The lowest BCUT2D eigenvalue weighted by Gasteiger charge is -2.29. The number of halogens is 3. The van der Waals surface area contributed by atoms with Crippen molar-refractivity contribution in [2.75, 3.05) is 31.6 Å². The van der Waals surface area contributed by atoms with E-state index >= 15 is 0 Å². The standard InChI is InChI=1S/C15H17F3N2O2/c1-11(20-6-8-22-9-7-20)10-14(21)19-13-4-2-12(3-5-13)15(16,17)18/h2-5,10H,6-9H2,1H3,(H,19,21). The van der Waals surface area contributed by atoms with E-state index in [1.807, 2.05) is 11.8 Å². The summed E-state index contributed by atoms with van der Waals surface area (Å²) in [6.45, 7) is 4.49. The fourth-order valence-electron chi connectivity index (χ4n) is 2.12. The highest BCUT2D eigenvalue weighted by Gasteiger charge is 2.29. The zero-order valence-electron chi connectivity index (χ0n) is 12.1. The van der Waals surface area contributed by atoms with Crippen LogP contribution in [0.5, 0.6) is 0 Å². The second-order valence-electron chi connectivity index (χ2n) is 4.95. The number of amides is 1. The van der Waals surface area contributed by atoms with Gasteiger partial charge in [-0.05, 0) is 31.2 Å². The highest BCUT2D eigenvalue weighted by atomic mass is 19.4. The number of hydrogen-bond acceptors (Lipinski definition) is 3. The number of benzene rings is 1. The number of nitrogens with zero attached hydrogens (tertiary/aromatic N) is 1. The number of morpholine rings is 1. The lowest BCUT2D eigenvalue weighted by atomic mass is 10.2. The fourth-order valence-corrected chi connectivity index (χ4v) is 2.12. The zero-order valence-corrected chi connectivity index (χ0v) is 12.1. The molecule has 1 fully saturated rings. The topological polar surface area (TPSA) is 41.6 Å². The van der Waals surface area contributed by atoms with E-state index in [1.165, 1.54) is 18.2 Å². The molecule has 1 aliphatic rings. The molecule has 0 saturated carbocycles. The van der Waals surface area contributed by atoms with Crippen molar-refractivity contribution in [3.63, 3.8) is 0 Å². The highest BCUT2D eigenvalue weighted by molar-refractivity contribution is 5.99. The van der Waals surface area contributed by atoms with E-state index < -0.39 is 11.7 Å². The first-order valence-electron chi connectivity index (χ1n) is 6.85. The van der Waals surface area contributed by atoms with Gasteiger partial charge in [0.25, 0.3) is 0 Å². The van der Waals surface area contributed by atoms with Crippen LogP contribution >= 0.6 is 0 Å². The Morgan fingerprint density at radius 1 is 1.23 bits per heavy atom. The van der Waals surface area contributed by atoms with E-state index in [4.69, 9.17) is 4.74 Å². The maximum Gasteiger partial charge on any atom is 0.416 e. The van der Waals surface area contributed by atoms with Crippen LogP contribution in [0.4, 0.5) is 18.9 Å². The van der Waals surface area contributed by atoms with Crippen LogP contribution in [0, 0.1) is 0 Å². The van der Waals surface area contributed by atoms with Crippen molar-refractivity contribution in [1.29, 1.82) is 0 Å². The van der Waals surface area contributed by atoms with Crippen LogP contribution in [0.2, 0.25) is 0 Å². The number of alkyl halides is 3. The molecular weight excluding hydrogens is 297 g/mol. The average Bonchev–Trinajstić information content (AvgIpc) is 2.47. The van der Waals surface area contributed by atoms with E-state index in [0.717, 1.165) is 30.9 Å². The monoisotopic (exact) mass is 314 g/mol. The first-order chi connectivity index (χ1) is 10.4. The molecule has 1 aromatic carbocycles. The maximum atomic E-state index is 12.4. The van der Waals surface area contributed by atoms with Crippen molar-refractivity contribution in [2.45, 2.75) is 13.1 Å². The summed E-state index contributed by atoms with van der Waals surface area (Å²) < 4.78 is 42.6. The van der Waals surface area contributed by atoms with Crippen molar-refractivity contribution in [2.24, 2.45) is 0 Å². The number of anilines is 1. The molecule has 0 bridgehead atoms. The van der Waals surface area contributed by atoms with Gasteiger partial charge >= 0.3 is 6.18 Å². The molecule has 2 rings (SSSR count). The third-order valence-corrected chi connectivity index (χ3v) is 3.33. The quantitative estimate of drug-likeness (QED) is 0.872. The van der Waals surface area contributed by atoms with Gasteiger partial charge in [0.15, 0.2) is 0 Å². The minimum atomic E-state index is -4.38. The predicted octanol–water partition coefficient (Wildman–Crippen LogP) is 2.88. The summed E-state index contributed by atoms with van der Waals surface area (Å²) in [5, 5.41) is 2.55. The van der Waals surface area contributed by atoms with E-state index in [1.54, 1.807) is 0 Å². The highest BCUT2D eigenvalue weighted by Crippen LogP contribution is 2.29. The zero-order chi connectivity index (χ0) is 16.2. The smallest absolute Gasteiger partial charge is 0.378 e. The van der Waals surface area contributed by atoms with Gasteiger partial charge in [-0.3, -0.25) is 4.79 Å². The SMILES string of the molecule is CC(=CC(=O)Nc1ccc(C(F)(F)F)cc1)N1CCOCC1. The summed E-state index contributed by atoms with van der Waals surface area (Å²) in [6.07, 6.45) is -2.95. The summed E-state index contributed by atoms with van der Waals surface area (Å²) in [5.74, 6) is -0.372. The van der Waals surface area contributed by atoms with Crippen molar-refractivity contribution in [1.82, 2.24) is 4.90 Å². The van der Waals surface area contributed by atoms with E-state index in [0.29, 0.717) is 18.9 Å². The number of ether oxygens (including phenoxy) is 1. The molecule has 22 heavy (non-hydrogen) atoms. The van der Waals surface area contributed by atoms with E-state index in [9.17, 15) is 18.0 Å². The first kappa shape index (κ1) is 16.4. The molecule has 4 nitrogen and oxygen atoms in total. The number of carbonyl (C=O) groups excluding carboxylic acids is 1. The second-order valence-corrected chi connectivity index (χ2v) is 4.95. The maximum absolute atomic E-state index is 12.4. The Morgan fingerprint density at radius 3 is 2.36 bits per heavy atom. The van der Waals surface area contributed by atoms with Gasteiger partial charge in [-0.1, -0.05) is 0 Å². The van der Waals surface area contributed by atoms with Gasteiger partial charge in [-0.25, -0.2) is 0 Å². The normalized spacial score (nSPS) is 16.5. The fraction of sp³-hybridized carbons (Fsp3) is 0.400. The molecule has 1 amide bonds. The second kappa shape index (κ2) is 6.83. The summed E-state index contributed by atoms with van der Waals surface area (Å²) >= 11 is 0. The number of allylic oxidation sites excluding steroid dienone is 1.